The number of carbonyl (C=O) groups excluding carboxylic acids is 2. The van der Waals surface area contributed by atoms with Crippen LogP contribution in [0.3, 0.4) is 0 Å². The second kappa shape index (κ2) is 14.3. The molecule has 2 atom stereocenters. The van der Waals surface area contributed by atoms with Crippen molar-refractivity contribution in [3.8, 4) is 6.07 Å². The number of nitriles is 1. The third-order valence-corrected chi connectivity index (χ3v) is 5.54. The Morgan fingerprint density at radius 2 is 1.82 bits per heavy atom. The molecule has 3 aromatic carbocycles. The van der Waals surface area contributed by atoms with E-state index >= 15 is 0 Å². The third kappa shape index (κ3) is 8.87. The highest BCUT2D eigenvalue weighted by Crippen LogP contribution is 2.14. The Bertz CT molecular complexity index is 1290. The van der Waals surface area contributed by atoms with Gasteiger partial charge in [-0.05, 0) is 54.4 Å². The lowest BCUT2D eigenvalue weighted by Gasteiger charge is -2.22. The lowest BCUT2D eigenvalue weighted by atomic mass is 10.0. The average Bonchev–Trinajstić information content (AvgIpc) is 2.92. The molecule has 0 radical (unpaired) electrons. The van der Waals surface area contributed by atoms with Gasteiger partial charge in [-0.15, -0.1) is 0 Å². The van der Waals surface area contributed by atoms with Gasteiger partial charge in [-0.2, -0.15) is 5.26 Å². The maximum atomic E-state index is 13.4. The minimum absolute atomic E-state index is 0.0545. The van der Waals surface area contributed by atoms with Gasteiger partial charge in [-0.1, -0.05) is 54.6 Å². The number of hydrogen-bond donors (Lipinski definition) is 2. The van der Waals surface area contributed by atoms with Gasteiger partial charge in [0.25, 0.3) is 0 Å². The molecule has 196 valence electrons. The van der Waals surface area contributed by atoms with Crippen LogP contribution in [0.5, 0.6) is 0 Å². The summed E-state index contributed by atoms with van der Waals surface area (Å²) in [4.78, 5) is 25.2. The first-order valence-corrected chi connectivity index (χ1v) is 12.1. The number of rotatable bonds is 13. The highest BCUT2D eigenvalue weighted by atomic mass is 19.1. The molecule has 8 heteroatoms. The van der Waals surface area contributed by atoms with Crippen LogP contribution in [-0.2, 0) is 27.3 Å². The van der Waals surface area contributed by atoms with Gasteiger partial charge in [0.2, 0.25) is 5.91 Å². The fourth-order valence-electron chi connectivity index (χ4n) is 3.72. The van der Waals surface area contributed by atoms with E-state index in [0.29, 0.717) is 17.7 Å². The zero-order valence-electron chi connectivity index (χ0n) is 21.2. The summed E-state index contributed by atoms with van der Waals surface area (Å²) < 4.78 is 24.1. The lowest BCUT2D eigenvalue weighted by Crippen LogP contribution is -2.46. The van der Waals surface area contributed by atoms with Gasteiger partial charge in [0, 0.05) is 12.1 Å². The molecule has 0 spiro atoms. The number of hydrogen-bond acceptors (Lipinski definition) is 6. The van der Waals surface area contributed by atoms with Crippen molar-refractivity contribution in [1.82, 2.24) is 5.32 Å². The molecule has 0 fully saturated rings. The van der Waals surface area contributed by atoms with E-state index in [4.69, 9.17) is 9.47 Å². The Hall–Kier alpha value is -4.48. The molecule has 0 saturated heterocycles. The summed E-state index contributed by atoms with van der Waals surface area (Å²) in [6, 6.07) is 20.7. The molecule has 0 bridgehead atoms. The van der Waals surface area contributed by atoms with E-state index in [-0.39, 0.29) is 25.6 Å². The number of esters is 1. The molecule has 0 saturated carbocycles. The lowest BCUT2D eigenvalue weighted by molar-refractivity contribution is -0.122. The number of anilines is 1. The molecule has 0 aliphatic carbocycles. The van der Waals surface area contributed by atoms with Crippen molar-refractivity contribution in [3.05, 3.63) is 114 Å². The molecule has 0 aliphatic rings. The van der Waals surface area contributed by atoms with E-state index in [9.17, 15) is 19.2 Å². The van der Waals surface area contributed by atoms with Crippen LogP contribution in [0.2, 0.25) is 0 Å². The number of halogens is 1. The van der Waals surface area contributed by atoms with Gasteiger partial charge in [-0.25, -0.2) is 9.18 Å². The van der Waals surface area contributed by atoms with E-state index in [2.05, 4.69) is 23.3 Å². The van der Waals surface area contributed by atoms with Crippen LogP contribution < -0.4 is 10.6 Å². The van der Waals surface area contributed by atoms with Crippen LogP contribution in [-0.4, -0.2) is 37.2 Å². The van der Waals surface area contributed by atoms with E-state index in [1.54, 1.807) is 36.4 Å². The number of benzene rings is 3. The number of carbonyl (C=O) groups is 2. The molecule has 0 aliphatic heterocycles. The summed E-state index contributed by atoms with van der Waals surface area (Å²) in [7, 11) is 0. The van der Waals surface area contributed by atoms with Crippen LogP contribution in [0.25, 0.3) is 0 Å². The fourth-order valence-corrected chi connectivity index (χ4v) is 3.72. The number of aryl methyl sites for hydroxylation is 1. The molecule has 1 amide bonds. The van der Waals surface area contributed by atoms with Crippen molar-refractivity contribution in [2.24, 2.45) is 0 Å². The van der Waals surface area contributed by atoms with Gasteiger partial charge < -0.3 is 20.1 Å². The standard InChI is InChI=1S/C30H30FN3O4/c1-3-14-38-30(36)24-9-5-8-23(16-24)19-37-20-27(18-32)34-29(35)28(17-22-7-4-6-21(2)15-22)33-26-12-10-25(31)11-13-26/h3-13,15-16,27-28,33H,1,14,17,19-20H2,2H3,(H,34,35)/t27-,28+/m1/s1. The van der Waals surface area contributed by atoms with Crippen LogP contribution in [0.1, 0.15) is 27.0 Å². The number of amides is 1. The molecular formula is C30H30FN3O4. The Morgan fingerprint density at radius 1 is 1.08 bits per heavy atom. The Morgan fingerprint density at radius 3 is 2.53 bits per heavy atom. The minimum Gasteiger partial charge on any atom is -0.458 e. The Kier molecular flexibility index (Phi) is 10.6. The van der Waals surface area contributed by atoms with Gasteiger partial charge in [0.1, 0.15) is 24.5 Å². The molecule has 2 N–H and O–H groups in total. The van der Waals surface area contributed by atoms with Gasteiger partial charge in [0.15, 0.2) is 0 Å². The van der Waals surface area contributed by atoms with Crippen LogP contribution in [0, 0.1) is 24.1 Å². The second-order valence-corrected chi connectivity index (χ2v) is 8.69. The van der Waals surface area contributed by atoms with E-state index in [1.165, 1.54) is 18.2 Å². The molecule has 0 unspecified atom stereocenters. The van der Waals surface area contributed by atoms with E-state index in [1.807, 2.05) is 31.2 Å². The molecule has 3 aromatic rings. The first-order chi connectivity index (χ1) is 18.4. The first-order valence-electron chi connectivity index (χ1n) is 12.1. The van der Waals surface area contributed by atoms with Crippen LogP contribution >= 0.6 is 0 Å². The summed E-state index contributed by atoms with van der Waals surface area (Å²) in [6.07, 6.45) is 1.85. The highest BCUT2D eigenvalue weighted by molar-refractivity contribution is 5.89. The third-order valence-electron chi connectivity index (χ3n) is 5.54. The molecule has 0 heterocycles. The predicted molar refractivity (Wildman–Crippen MR) is 143 cm³/mol. The largest absolute Gasteiger partial charge is 0.458 e. The highest BCUT2D eigenvalue weighted by Gasteiger charge is 2.22. The van der Waals surface area contributed by atoms with Gasteiger partial charge in [-0.3, -0.25) is 4.79 Å². The van der Waals surface area contributed by atoms with Crippen molar-refractivity contribution < 1.29 is 23.5 Å². The normalized spacial score (nSPS) is 12.0. The monoisotopic (exact) mass is 515 g/mol. The summed E-state index contributed by atoms with van der Waals surface area (Å²) in [5.41, 5.74) is 3.68. The molecule has 7 nitrogen and oxygen atoms in total. The minimum atomic E-state index is -0.904. The van der Waals surface area contributed by atoms with Gasteiger partial charge >= 0.3 is 5.97 Å². The SMILES string of the molecule is C=CCOC(=O)c1cccc(COC[C@@H](C#N)NC(=O)[C@H](Cc2cccc(C)c2)Nc2ccc(F)cc2)c1. The fraction of sp³-hybridized carbons (Fsp3) is 0.233. The van der Waals surface area contributed by atoms with Crippen LogP contribution in [0.15, 0.2) is 85.5 Å². The summed E-state index contributed by atoms with van der Waals surface area (Å²) >= 11 is 0. The predicted octanol–water partition coefficient (Wildman–Crippen LogP) is 4.73. The summed E-state index contributed by atoms with van der Waals surface area (Å²) in [6.45, 7) is 5.68. The molecule has 0 aromatic heterocycles. The zero-order chi connectivity index (χ0) is 27.3. The Balaban J connectivity index is 1.61. The average molecular weight is 516 g/mol. The Labute approximate surface area is 221 Å². The number of nitrogens with zero attached hydrogens (tertiary/aromatic N) is 1. The first kappa shape index (κ1) is 28.1. The zero-order valence-corrected chi connectivity index (χ0v) is 21.2. The topological polar surface area (TPSA) is 100 Å². The van der Waals surface area contributed by atoms with E-state index < -0.39 is 24.0 Å². The second-order valence-electron chi connectivity index (χ2n) is 8.69. The van der Waals surface area contributed by atoms with Crippen molar-refractivity contribution >= 4 is 17.6 Å². The maximum absolute atomic E-state index is 13.4. The summed E-state index contributed by atoms with van der Waals surface area (Å²) in [5, 5.41) is 15.5. The molecular weight excluding hydrogens is 485 g/mol. The summed E-state index contributed by atoms with van der Waals surface area (Å²) in [5.74, 6) is -1.24. The number of ether oxygens (including phenoxy) is 2. The number of nitrogens with one attached hydrogen (secondary N) is 2. The maximum Gasteiger partial charge on any atom is 0.338 e. The van der Waals surface area contributed by atoms with Crippen molar-refractivity contribution in [1.29, 1.82) is 5.26 Å². The van der Waals surface area contributed by atoms with Crippen molar-refractivity contribution in [2.75, 3.05) is 18.5 Å². The van der Waals surface area contributed by atoms with E-state index in [0.717, 1.165) is 16.7 Å². The smallest absolute Gasteiger partial charge is 0.338 e. The molecule has 38 heavy (non-hydrogen) atoms. The van der Waals surface area contributed by atoms with Gasteiger partial charge in [0.05, 0.1) is 24.8 Å². The van der Waals surface area contributed by atoms with Crippen molar-refractivity contribution in [2.45, 2.75) is 32.0 Å². The van der Waals surface area contributed by atoms with Crippen LogP contribution in [0.4, 0.5) is 10.1 Å². The quantitative estimate of drug-likeness (QED) is 0.252. The van der Waals surface area contributed by atoms with Crippen molar-refractivity contribution in [3.63, 3.8) is 0 Å². The molecule has 3 rings (SSSR count).